The van der Waals surface area contributed by atoms with Gasteiger partial charge in [0.05, 0.1) is 12.1 Å². The summed E-state index contributed by atoms with van der Waals surface area (Å²) in [4.78, 5) is 0. The van der Waals surface area contributed by atoms with E-state index >= 15 is 0 Å². The molecule has 0 aliphatic heterocycles. The van der Waals surface area contributed by atoms with Gasteiger partial charge < -0.3 is 9.15 Å². The minimum Gasteiger partial charge on any atom is -0.495 e. The van der Waals surface area contributed by atoms with Gasteiger partial charge in [-0.2, -0.15) is 5.26 Å². The molecule has 0 spiro atoms. The molecule has 1 aromatic carbocycles. The van der Waals surface area contributed by atoms with Crippen LogP contribution in [0.3, 0.4) is 0 Å². The number of nitrogens with zero attached hydrogens (tertiary/aromatic N) is 3. The van der Waals surface area contributed by atoms with Crippen molar-refractivity contribution < 1.29 is 9.15 Å². The van der Waals surface area contributed by atoms with Crippen LogP contribution in [0.4, 0.5) is 0 Å². The average Bonchev–Trinajstić information content (AvgIpc) is 2.77. The summed E-state index contributed by atoms with van der Waals surface area (Å²) in [7, 11) is 1.53. The number of halogens is 1. The topological polar surface area (TPSA) is 71.9 Å². The molecule has 5 nitrogen and oxygen atoms in total. The molecule has 0 saturated carbocycles. The third-order valence-corrected chi connectivity index (χ3v) is 2.21. The fraction of sp³-hybridized carbons (Fsp3) is 0.100. The van der Waals surface area contributed by atoms with Crippen molar-refractivity contribution >= 4 is 11.6 Å². The molecule has 2 aromatic rings. The summed E-state index contributed by atoms with van der Waals surface area (Å²) in [5, 5.41) is 16.2. The minimum absolute atomic E-state index is 0.0815. The number of nitriles is 1. The molecule has 0 fully saturated rings. The maximum Gasteiger partial charge on any atom is 0.321 e. The molecule has 0 saturated heterocycles. The summed E-state index contributed by atoms with van der Waals surface area (Å²) < 4.78 is 10.1. The Balaban J connectivity index is 2.42. The van der Waals surface area contributed by atoms with Gasteiger partial charge in [0, 0.05) is 5.56 Å². The van der Waals surface area contributed by atoms with Crippen LogP contribution in [0.1, 0.15) is 5.89 Å². The van der Waals surface area contributed by atoms with Gasteiger partial charge in [-0.05, 0) is 18.2 Å². The number of hydrogen-bond donors (Lipinski definition) is 0. The molecule has 1 heterocycles. The highest BCUT2D eigenvalue weighted by molar-refractivity contribution is 6.32. The summed E-state index contributed by atoms with van der Waals surface area (Å²) in [6, 6.07) is 6.80. The Morgan fingerprint density at radius 2 is 2.25 bits per heavy atom. The number of methoxy groups -OCH3 is 1. The SMILES string of the molecule is COc1ccc(-c2nnc(C#N)o2)cc1Cl. The van der Waals surface area contributed by atoms with E-state index in [1.165, 1.54) is 7.11 Å². The van der Waals surface area contributed by atoms with Gasteiger partial charge in [-0.3, -0.25) is 0 Å². The normalized spacial score (nSPS) is 9.81. The average molecular weight is 236 g/mol. The first-order valence-corrected chi connectivity index (χ1v) is 4.70. The van der Waals surface area contributed by atoms with Gasteiger partial charge in [-0.15, -0.1) is 5.10 Å². The van der Waals surface area contributed by atoms with E-state index in [0.717, 1.165) is 0 Å². The van der Waals surface area contributed by atoms with Crippen LogP contribution in [0, 0.1) is 11.3 Å². The van der Waals surface area contributed by atoms with Gasteiger partial charge >= 0.3 is 5.89 Å². The van der Waals surface area contributed by atoms with Crippen molar-refractivity contribution in [1.82, 2.24) is 10.2 Å². The van der Waals surface area contributed by atoms with E-state index in [0.29, 0.717) is 16.3 Å². The molecular weight excluding hydrogens is 230 g/mol. The van der Waals surface area contributed by atoms with E-state index < -0.39 is 0 Å². The molecule has 0 aliphatic rings. The summed E-state index contributed by atoms with van der Waals surface area (Å²) in [6.07, 6.45) is 0. The zero-order valence-corrected chi connectivity index (χ0v) is 9.02. The lowest BCUT2D eigenvalue weighted by Gasteiger charge is -2.02. The van der Waals surface area contributed by atoms with Crippen molar-refractivity contribution in [3.63, 3.8) is 0 Å². The lowest BCUT2D eigenvalue weighted by molar-refractivity contribution is 0.415. The molecule has 0 N–H and O–H groups in total. The largest absolute Gasteiger partial charge is 0.495 e. The Labute approximate surface area is 96.2 Å². The molecule has 80 valence electrons. The quantitative estimate of drug-likeness (QED) is 0.798. The minimum atomic E-state index is -0.0815. The number of aromatic nitrogens is 2. The van der Waals surface area contributed by atoms with Crippen molar-refractivity contribution in [3.8, 4) is 23.3 Å². The lowest BCUT2D eigenvalue weighted by atomic mass is 10.2. The zero-order chi connectivity index (χ0) is 11.5. The molecule has 6 heteroatoms. The van der Waals surface area contributed by atoms with E-state index in [1.54, 1.807) is 24.3 Å². The number of hydrogen-bond acceptors (Lipinski definition) is 5. The van der Waals surface area contributed by atoms with Crippen molar-refractivity contribution in [2.24, 2.45) is 0 Å². The first kappa shape index (κ1) is 10.5. The fourth-order valence-electron chi connectivity index (χ4n) is 1.18. The molecule has 0 amide bonds. The standard InChI is InChI=1S/C10H6ClN3O2/c1-15-8-3-2-6(4-7(8)11)10-14-13-9(5-12)16-10/h2-4H,1H3. The second-order valence-electron chi connectivity index (χ2n) is 2.87. The Morgan fingerprint density at radius 1 is 1.44 bits per heavy atom. The molecule has 0 radical (unpaired) electrons. The monoisotopic (exact) mass is 235 g/mol. The third kappa shape index (κ3) is 1.83. The molecule has 2 rings (SSSR count). The number of benzene rings is 1. The van der Waals surface area contributed by atoms with Crippen molar-refractivity contribution in [2.45, 2.75) is 0 Å². The second-order valence-corrected chi connectivity index (χ2v) is 3.28. The summed E-state index contributed by atoms with van der Waals surface area (Å²) in [6.45, 7) is 0. The van der Waals surface area contributed by atoms with Crippen LogP contribution >= 0.6 is 11.6 Å². The van der Waals surface area contributed by atoms with Crippen LogP contribution in [0.15, 0.2) is 22.6 Å². The van der Waals surface area contributed by atoms with Crippen molar-refractivity contribution in [3.05, 3.63) is 29.1 Å². The maximum atomic E-state index is 8.54. The molecule has 0 unspecified atom stereocenters. The van der Waals surface area contributed by atoms with Crippen LogP contribution in [0.5, 0.6) is 5.75 Å². The molecule has 16 heavy (non-hydrogen) atoms. The Hall–Kier alpha value is -2.06. The van der Waals surface area contributed by atoms with E-state index in [1.807, 2.05) is 0 Å². The van der Waals surface area contributed by atoms with E-state index in [9.17, 15) is 0 Å². The van der Waals surface area contributed by atoms with E-state index in [4.69, 9.17) is 26.0 Å². The Morgan fingerprint density at radius 3 is 2.81 bits per heavy atom. The fourth-order valence-corrected chi connectivity index (χ4v) is 1.44. The van der Waals surface area contributed by atoms with Crippen LogP contribution < -0.4 is 4.74 Å². The highest BCUT2D eigenvalue weighted by atomic mass is 35.5. The smallest absolute Gasteiger partial charge is 0.321 e. The summed E-state index contributed by atoms with van der Waals surface area (Å²) >= 11 is 5.94. The number of ether oxygens (including phenoxy) is 1. The molecule has 0 aliphatic carbocycles. The van der Waals surface area contributed by atoms with Gasteiger partial charge in [0.1, 0.15) is 5.75 Å². The van der Waals surface area contributed by atoms with Gasteiger partial charge in [-0.1, -0.05) is 16.7 Å². The molecular formula is C10H6ClN3O2. The Kier molecular flexibility index (Phi) is 2.75. The van der Waals surface area contributed by atoms with Crippen LogP contribution in [0.2, 0.25) is 5.02 Å². The van der Waals surface area contributed by atoms with E-state index in [2.05, 4.69) is 10.2 Å². The lowest BCUT2D eigenvalue weighted by Crippen LogP contribution is -1.85. The second kappa shape index (κ2) is 4.21. The summed E-state index contributed by atoms with van der Waals surface area (Å²) in [5.74, 6) is 0.730. The molecule has 1 aromatic heterocycles. The third-order valence-electron chi connectivity index (χ3n) is 1.92. The van der Waals surface area contributed by atoms with Crippen molar-refractivity contribution in [2.75, 3.05) is 7.11 Å². The Bertz CT molecular complexity index is 559. The predicted octanol–water partition coefficient (Wildman–Crippen LogP) is 2.27. The highest BCUT2D eigenvalue weighted by Crippen LogP contribution is 2.29. The highest BCUT2D eigenvalue weighted by Gasteiger charge is 2.10. The van der Waals surface area contributed by atoms with Crippen LogP contribution in [-0.2, 0) is 0 Å². The van der Waals surface area contributed by atoms with E-state index in [-0.39, 0.29) is 11.8 Å². The molecule has 0 bridgehead atoms. The van der Waals surface area contributed by atoms with Crippen LogP contribution in [-0.4, -0.2) is 17.3 Å². The maximum absolute atomic E-state index is 8.54. The van der Waals surface area contributed by atoms with Gasteiger partial charge in [-0.25, -0.2) is 0 Å². The first-order chi connectivity index (χ1) is 7.74. The first-order valence-electron chi connectivity index (χ1n) is 4.32. The molecule has 0 atom stereocenters. The van der Waals surface area contributed by atoms with Gasteiger partial charge in [0.15, 0.2) is 6.07 Å². The van der Waals surface area contributed by atoms with Gasteiger partial charge in [0.25, 0.3) is 0 Å². The summed E-state index contributed by atoms with van der Waals surface area (Å²) in [5.41, 5.74) is 0.639. The van der Waals surface area contributed by atoms with Gasteiger partial charge in [0.2, 0.25) is 5.89 Å². The van der Waals surface area contributed by atoms with Crippen LogP contribution in [0.25, 0.3) is 11.5 Å². The van der Waals surface area contributed by atoms with Crippen molar-refractivity contribution in [1.29, 1.82) is 5.26 Å². The number of rotatable bonds is 2. The zero-order valence-electron chi connectivity index (χ0n) is 8.27. The predicted molar refractivity (Wildman–Crippen MR) is 56.0 cm³/mol.